The average molecular weight is 323 g/mol. The second kappa shape index (κ2) is 6.17. The third-order valence-electron chi connectivity index (χ3n) is 4.60. The zero-order valence-corrected chi connectivity index (χ0v) is 13.4. The summed E-state index contributed by atoms with van der Waals surface area (Å²) < 4.78 is 18.9. The lowest BCUT2D eigenvalue weighted by Gasteiger charge is -2.31. The van der Waals surface area contributed by atoms with Gasteiger partial charge < -0.3 is 4.42 Å². The van der Waals surface area contributed by atoms with Crippen LogP contribution < -0.4 is 0 Å². The first kappa shape index (κ1) is 15.0. The molecular formula is C19H18FN3O. The molecule has 0 aliphatic carbocycles. The summed E-state index contributed by atoms with van der Waals surface area (Å²) in [5.41, 5.74) is 3.50. The van der Waals surface area contributed by atoms with Crippen molar-refractivity contribution in [2.24, 2.45) is 0 Å². The minimum Gasteiger partial charge on any atom is -0.419 e. The van der Waals surface area contributed by atoms with Gasteiger partial charge in [0.1, 0.15) is 5.82 Å². The summed E-state index contributed by atoms with van der Waals surface area (Å²) in [6, 6.07) is 14.7. The van der Waals surface area contributed by atoms with Crippen LogP contribution in [-0.2, 0) is 13.0 Å². The summed E-state index contributed by atoms with van der Waals surface area (Å²) in [6.45, 7) is 3.92. The van der Waals surface area contributed by atoms with Gasteiger partial charge in [-0.05, 0) is 48.7 Å². The SMILES string of the molecule is C[C@@H](c1nnc(-c2ccc(F)cc2)o1)N1CCc2ccccc2C1. The monoisotopic (exact) mass is 323 g/mol. The maximum atomic E-state index is 13.0. The molecule has 1 aliphatic heterocycles. The molecule has 0 amide bonds. The minimum atomic E-state index is -0.279. The second-order valence-corrected chi connectivity index (χ2v) is 6.12. The Hall–Kier alpha value is -2.53. The topological polar surface area (TPSA) is 42.2 Å². The maximum absolute atomic E-state index is 13.0. The molecule has 24 heavy (non-hydrogen) atoms. The molecule has 3 aromatic rings. The molecule has 0 fully saturated rings. The van der Waals surface area contributed by atoms with E-state index in [1.165, 1.54) is 23.3 Å². The Morgan fingerprint density at radius 1 is 1.04 bits per heavy atom. The lowest BCUT2D eigenvalue weighted by molar-refractivity contribution is 0.167. The number of rotatable bonds is 3. The number of hydrogen-bond acceptors (Lipinski definition) is 4. The van der Waals surface area contributed by atoms with E-state index in [9.17, 15) is 4.39 Å². The van der Waals surface area contributed by atoms with Crippen molar-refractivity contribution in [2.75, 3.05) is 6.54 Å². The van der Waals surface area contributed by atoms with E-state index in [1.54, 1.807) is 12.1 Å². The van der Waals surface area contributed by atoms with Crippen LogP contribution in [0.2, 0.25) is 0 Å². The van der Waals surface area contributed by atoms with Crippen LogP contribution in [0.3, 0.4) is 0 Å². The Balaban J connectivity index is 1.53. The van der Waals surface area contributed by atoms with Crippen LogP contribution in [0.1, 0.15) is 30.0 Å². The van der Waals surface area contributed by atoms with E-state index in [0.29, 0.717) is 11.8 Å². The molecular weight excluding hydrogens is 305 g/mol. The number of hydrogen-bond donors (Lipinski definition) is 0. The molecule has 0 radical (unpaired) electrons. The summed E-state index contributed by atoms with van der Waals surface area (Å²) in [6.07, 6.45) is 1.03. The molecule has 4 rings (SSSR count). The summed E-state index contributed by atoms with van der Waals surface area (Å²) in [7, 11) is 0. The third kappa shape index (κ3) is 2.83. The molecule has 1 aliphatic rings. The van der Waals surface area contributed by atoms with Gasteiger partial charge in [-0.2, -0.15) is 0 Å². The largest absolute Gasteiger partial charge is 0.419 e. The van der Waals surface area contributed by atoms with Gasteiger partial charge >= 0.3 is 0 Å². The Morgan fingerprint density at radius 3 is 2.58 bits per heavy atom. The number of nitrogens with zero attached hydrogens (tertiary/aromatic N) is 3. The molecule has 0 saturated carbocycles. The van der Waals surface area contributed by atoms with Crippen LogP contribution in [0, 0.1) is 5.82 Å². The lowest BCUT2D eigenvalue weighted by atomic mass is 9.99. The van der Waals surface area contributed by atoms with Crippen LogP contribution in [0.4, 0.5) is 4.39 Å². The Kier molecular flexibility index (Phi) is 3.86. The van der Waals surface area contributed by atoms with Gasteiger partial charge in [0.15, 0.2) is 0 Å². The Morgan fingerprint density at radius 2 is 1.79 bits per heavy atom. The average Bonchev–Trinajstić information content (AvgIpc) is 3.11. The highest BCUT2D eigenvalue weighted by Crippen LogP contribution is 2.28. The van der Waals surface area contributed by atoms with E-state index < -0.39 is 0 Å². The van der Waals surface area contributed by atoms with Crippen LogP contribution in [-0.4, -0.2) is 21.6 Å². The van der Waals surface area contributed by atoms with Gasteiger partial charge in [-0.3, -0.25) is 4.90 Å². The molecule has 0 unspecified atom stereocenters. The summed E-state index contributed by atoms with van der Waals surface area (Å²) in [4.78, 5) is 2.34. The van der Waals surface area contributed by atoms with E-state index in [4.69, 9.17) is 4.42 Å². The van der Waals surface area contributed by atoms with Crippen LogP contribution >= 0.6 is 0 Å². The molecule has 0 N–H and O–H groups in total. The number of halogens is 1. The normalized spacial score (nSPS) is 15.9. The van der Waals surface area contributed by atoms with Gasteiger partial charge in [0.2, 0.25) is 11.8 Å². The fourth-order valence-corrected chi connectivity index (χ4v) is 3.12. The smallest absolute Gasteiger partial charge is 0.247 e. The lowest BCUT2D eigenvalue weighted by Crippen LogP contribution is -2.33. The maximum Gasteiger partial charge on any atom is 0.247 e. The number of fused-ring (bicyclic) bond motifs is 1. The first-order valence-electron chi connectivity index (χ1n) is 8.11. The molecule has 0 saturated heterocycles. The van der Waals surface area contributed by atoms with Gasteiger partial charge in [0, 0.05) is 18.7 Å². The predicted molar refractivity (Wildman–Crippen MR) is 88.7 cm³/mol. The first-order valence-corrected chi connectivity index (χ1v) is 8.11. The van der Waals surface area contributed by atoms with E-state index >= 15 is 0 Å². The van der Waals surface area contributed by atoms with Gasteiger partial charge in [0.05, 0.1) is 6.04 Å². The molecule has 4 nitrogen and oxygen atoms in total. The van der Waals surface area contributed by atoms with E-state index in [2.05, 4.69) is 46.3 Å². The molecule has 2 heterocycles. The standard InChI is InChI=1S/C19H18FN3O/c1-13(23-11-10-14-4-2-3-5-16(14)12-23)18-21-22-19(24-18)15-6-8-17(20)9-7-15/h2-9,13H,10-12H2,1H3/t13-/m0/s1. The minimum absolute atomic E-state index is 0.0417. The fraction of sp³-hybridized carbons (Fsp3) is 0.263. The van der Waals surface area contributed by atoms with Gasteiger partial charge in [-0.1, -0.05) is 24.3 Å². The highest BCUT2D eigenvalue weighted by Gasteiger charge is 2.25. The van der Waals surface area contributed by atoms with Crippen molar-refractivity contribution in [1.29, 1.82) is 0 Å². The summed E-state index contributed by atoms with van der Waals surface area (Å²) in [5.74, 6) is 0.738. The second-order valence-electron chi connectivity index (χ2n) is 6.12. The molecule has 122 valence electrons. The van der Waals surface area contributed by atoms with Crippen molar-refractivity contribution in [3.63, 3.8) is 0 Å². The van der Waals surface area contributed by atoms with E-state index in [1.807, 2.05) is 0 Å². The van der Waals surface area contributed by atoms with Crippen molar-refractivity contribution in [3.05, 3.63) is 71.4 Å². The zero-order chi connectivity index (χ0) is 16.5. The molecule has 1 aromatic heterocycles. The zero-order valence-electron chi connectivity index (χ0n) is 13.4. The number of aromatic nitrogens is 2. The predicted octanol–water partition coefficient (Wildman–Crippen LogP) is 4.00. The van der Waals surface area contributed by atoms with Gasteiger partial charge in [-0.25, -0.2) is 4.39 Å². The molecule has 1 atom stereocenters. The van der Waals surface area contributed by atoms with E-state index in [0.717, 1.165) is 25.1 Å². The third-order valence-corrected chi connectivity index (χ3v) is 4.60. The molecule has 0 bridgehead atoms. The van der Waals surface area contributed by atoms with Gasteiger partial charge in [-0.15, -0.1) is 10.2 Å². The molecule has 0 spiro atoms. The number of benzene rings is 2. The van der Waals surface area contributed by atoms with Crippen molar-refractivity contribution in [2.45, 2.75) is 25.9 Å². The van der Waals surface area contributed by atoms with Crippen molar-refractivity contribution >= 4 is 0 Å². The van der Waals surface area contributed by atoms with Crippen LogP contribution in [0.5, 0.6) is 0 Å². The quantitative estimate of drug-likeness (QED) is 0.731. The fourth-order valence-electron chi connectivity index (χ4n) is 3.12. The van der Waals surface area contributed by atoms with Crippen molar-refractivity contribution in [3.8, 4) is 11.5 Å². The molecule has 5 heteroatoms. The van der Waals surface area contributed by atoms with E-state index in [-0.39, 0.29) is 11.9 Å². The summed E-state index contributed by atoms with van der Waals surface area (Å²) in [5, 5.41) is 8.30. The molecule has 2 aromatic carbocycles. The van der Waals surface area contributed by atoms with Crippen molar-refractivity contribution in [1.82, 2.24) is 15.1 Å². The van der Waals surface area contributed by atoms with Crippen LogP contribution in [0.25, 0.3) is 11.5 Å². The Labute approximate surface area is 139 Å². The first-order chi connectivity index (χ1) is 11.7. The van der Waals surface area contributed by atoms with Crippen molar-refractivity contribution < 1.29 is 8.81 Å². The highest BCUT2D eigenvalue weighted by atomic mass is 19.1. The highest BCUT2D eigenvalue weighted by molar-refractivity contribution is 5.52. The van der Waals surface area contributed by atoms with Gasteiger partial charge in [0.25, 0.3) is 0 Å². The van der Waals surface area contributed by atoms with Crippen LogP contribution in [0.15, 0.2) is 52.9 Å². The Bertz CT molecular complexity index is 844. The summed E-state index contributed by atoms with van der Waals surface area (Å²) >= 11 is 0.